The number of hydrogen-bond donors (Lipinski definition) is 1. The molecule has 1 aliphatic carbocycles. The number of carbonyl (C=O) groups excluding carboxylic acids is 2. The van der Waals surface area contributed by atoms with Gasteiger partial charge in [0.2, 0.25) is 5.91 Å². The molecule has 1 fully saturated rings. The third-order valence-electron chi connectivity index (χ3n) is 6.10. The van der Waals surface area contributed by atoms with Crippen LogP contribution in [-0.2, 0) is 4.79 Å². The van der Waals surface area contributed by atoms with Crippen molar-refractivity contribution < 1.29 is 9.59 Å². The van der Waals surface area contributed by atoms with Crippen molar-refractivity contribution in [1.29, 1.82) is 0 Å². The molecule has 0 unspecified atom stereocenters. The first-order chi connectivity index (χ1) is 15.1. The predicted octanol–water partition coefficient (Wildman–Crippen LogP) is 5.90. The Morgan fingerprint density at radius 2 is 1.61 bits per heavy atom. The molecule has 4 nitrogen and oxygen atoms in total. The number of nitrogens with zero attached hydrogens (tertiary/aromatic N) is 1. The van der Waals surface area contributed by atoms with E-state index in [9.17, 15) is 9.59 Å². The molecule has 3 aromatic rings. The fourth-order valence-electron chi connectivity index (χ4n) is 4.34. The molecule has 1 N–H and O–H groups in total. The van der Waals surface area contributed by atoms with Crippen LogP contribution < -0.4 is 5.32 Å². The monoisotopic (exact) mass is 412 g/mol. The van der Waals surface area contributed by atoms with Crippen molar-refractivity contribution in [3.05, 3.63) is 83.9 Å². The van der Waals surface area contributed by atoms with Crippen molar-refractivity contribution in [2.24, 2.45) is 0 Å². The number of carbonyl (C=O) groups is 2. The van der Waals surface area contributed by atoms with Crippen LogP contribution in [0.2, 0.25) is 0 Å². The van der Waals surface area contributed by atoms with Crippen LogP contribution in [0.3, 0.4) is 0 Å². The van der Waals surface area contributed by atoms with Crippen LogP contribution in [0, 0.1) is 0 Å². The quantitative estimate of drug-likeness (QED) is 0.531. The Balaban J connectivity index is 1.50. The van der Waals surface area contributed by atoms with E-state index in [1.54, 1.807) is 12.1 Å². The largest absolute Gasteiger partial charge is 0.339 e. The SMILES string of the molecule is CN(C(=O)c1ccccc1NC(=O)/C=C/c1cccc2ccccc12)C1CCCCC1. The minimum absolute atomic E-state index is 0.0409. The summed E-state index contributed by atoms with van der Waals surface area (Å²) in [4.78, 5) is 27.6. The van der Waals surface area contributed by atoms with Gasteiger partial charge in [0.1, 0.15) is 0 Å². The van der Waals surface area contributed by atoms with Gasteiger partial charge >= 0.3 is 0 Å². The van der Waals surface area contributed by atoms with E-state index in [-0.39, 0.29) is 17.9 Å². The summed E-state index contributed by atoms with van der Waals surface area (Å²) in [6, 6.07) is 21.6. The number of nitrogens with one attached hydrogen (secondary N) is 1. The summed E-state index contributed by atoms with van der Waals surface area (Å²) in [5.41, 5.74) is 2.06. The Bertz CT molecular complexity index is 1110. The Morgan fingerprint density at radius 3 is 2.45 bits per heavy atom. The van der Waals surface area contributed by atoms with Crippen LogP contribution in [0.5, 0.6) is 0 Å². The van der Waals surface area contributed by atoms with Gasteiger partial charge in [-0.25, -0.2) is 0 Å². The average molecular weight is 413 g/mol. The number of anilines is 1. The van der Waals surface area contributed by atoms with E-state index in [0.29, 0.717) is 11.3 Å². The summed E-state index contributed by atoms with van der Waals surface area (Å²) >= 11 is 0. The molecule has 4 rings (SSSR count). The summed E-state index contributed by atoms with van der Waals surface area (Å²) in [5.74, 6) is -0.297. The fourth-order valence-corrected chi connectivity index (χ4v) is 4.34. The minimum atomic E-state index is -0.256. The Morgan fingerprint density at radius 1 is 0.903 bits per heavy atom. The first kappa shape index (κ1) is 20.9. The number of fused-ring (bicyclic) bond motifs is 1. The van der Waals surface area contributed by atoms with Crippen LogP contribution in [0.4, 0.5) is 5.69 Å². The molecule has 0 spiro atoms. The van der Waals surface area contributed by atoms with Crippen molar-refractivity contribution in [2.45, 2.75) is 38.1 Å². The molecular weight excluding hydrogens is 384 g/mol. The van der Waals surface area contributed by atoms with Crippen molar-refractivity contribution >= 4 is 34.4 Å². The number of hydrogen-bond acceptors (Lipinski definition) is 2. The maximum atomic E-state index is 13.1. The molecular formula is C27H28N2O2. The van der Waals surface area contributed by atoms with Crippen LogP contribution in [-0.4, -0.2) is 29.8 Å². The van der Waals surface area contributed by atoms with E-state index in [0.717, 1.165) is 29.2 Å². The Hall–Kier alpha value is -3.40. The lowest BCUT2D eigenvalue weighted by atomic mass is 9.94. The van der Waals surface area contributed by atoms with E-state index in [4.69, 9.17) is 0 Å². The fraction of sp³-hybridized carbons (Fsp3) is 0.259. The third kappa shape index (κ3) is 4.85. The van der Waals surface area contributed by atoms with Gasteiger partial charge in [0.05, 0.1) is 11.3 Å². The highest BCUT2D eigenvalue weighted by Gasteiger charge is 2.24. The Labute approximate surface area is 183 Å². The first-order valence-corrected chi connectivity index (χ1v) is 11.0. The van der Waals surface area contributed by atoms with Crippen molar-refractivity contribution in [3.63, 3.8) is 0 Å². The summed E-state index contributed by atoms with van der Waals surface area (Å²) < 4.78 is 0. The molecule has 31 heavy (non-hydrogen) atoms. The zero-order valence-electron chi connectivity index (χ0n) is 17.9. The van der Waals surface area contributed by atoms with Crippen molar-refractivity contribution in [2.75, 3.05) is 12.4 Å². The number of benzene rings is 3. The molecule has 0 saturated heterocycles. The van der Waals surface area contributed by atoms with Gasteiger partial charge in [-0.3, -0.25) is 9.59 Å². The van der Waals surface area contributed by atoms with Crippen molar-refractivity contribution in [1.82, 2.24) is 4.90 Å². The van der Waals surface area contributed by atoms with Gasteiger partial charge in [-0.15, -0.1) is 0 Å². The maximum absolute atomic E-state index is 13.1. The highest BCUT2D eigenvalue weighted by molar-refractivity contribution is 6.08. The summed E-state index contributed by atoms with van der Waals surface area (Å²) in [5, 5.41) is 5.12. The van der Waals surface area contributed by atoms with E-state index in [1.807, 2.05) is 60.5 Å². The summed E-state index contributed by atoms with van der Waals surface area (Å²) in [6.45, 7) is 0. The molecule has 4 heteroatoms. The standard InChI is InChI=1S/C27H28N2O2/c1-29(22-13-3-2-4-14-22)27(31)24-16-7-8-17-25(24)28-26(30)19-18-21-12-9-11-20-10-5-6-15-23(20)21/h5-12,15-19,22H,2-4,13-14H2,1H3,(H,28,30)/b19-18+. The lowest BCUT2D eigenvalue weighted by Crippen LogP contribution is -2.38. The number of para-hydroxylation sites is 1. The highest BCUT2D eigenvalue weighted by Crippen LogP contribution is 2.25. The van der Waals surface area contributed by atoms with E-state index >= 15 is 0 Å². The third-order valence-corrected chi connectivity index (χ3v) is 6.10. The second kappa shape index (κ2) is 9.61. The molecule has 158 valence electrons. The smallest absolute Gasteiger partial charge is 0.255 e. The van der Waals surface area contributed by atoms with Gasteiger partial charge in [0, 0.05) is 19.2 Å². The van der Waals surface area contributed by atoms with Gasteiger partial charge in [-0.05, 0) is 47.4 Å². The molecule has 0 aromatic heterocycles. The maximum Gasteiger partial charge on any atom is 0.255 e. The zero-order valence-corrected chi connectivity index (χ0v) is 17.9. The summed E-state index contributed by atoms with van der Waals surface area (Å²) in [7, 11) is 1.87. The van der Waals surface area contributed by atoms with E-state index in [1.165, 1.54) is 25.3 Å². The number of rotatable bonds is 5. The molecule has 0 heterocycles. The van der Waals surface area contributed by atoms with Gasteiger partial charge in [0.25, 0.3) is 5.91 Å². The second-order valence-corrected chi connectivity index (χ2v) is 8.14. The van der Waals surface area contributed by atoms with Gasteiger partial charge in [-0.2, -0.15) is 0 Å². The second-order valence-electron chi connectivity index (χ2n) is 8.14. The van der Waals surface area contributed by atoms with Gasteiger partial charge in [-0.1, -0.05) is 73.9 Å². The average Bonchev–Trinajstić information content (AvgIpc) is 2.82. The molecule has 2 amide bonds. The van der Waals surface area contributed by atoms with Crippen molar-refractivity contribution in [3.8, 4) is 0 Å². The van der Waals surface area contributed by atoms with E-state index in [2.05, 4.69) is 17.4 Å². The minimum Gasteiger partial charge on any atom is -0.339 e. The molecule has 0 atom stereocenters. The van der Waals surface area contributed by atoms with Gasteiger partial charge in [0.15, 0.2) is 0 Å². The molecule has 0 aliphatic heterocycles. The van der Waals surface area contributed by atoms with Crippen LogP contribution in [0.25, 0.3) is 16.8 Å². The molecule has 3 aromatic carbocycles. The lowest BCUT2D eigenvalue weighted by molar-refractivity contribution is -0.111. The van der Waals surface area contributed by atoms with Crippen LogP contribution >= 0.6 is 0 Å². The normalized spacial score (nSPS) is 14.6. The predicted molar refractivity (Wildman–Crippen MR) is 127 cm³/mol. The van der Waals surface area contributed by atoms with Crippen LogP contribution in [0.1, 0.15) is 48.0 Å². The first-order valence-electron chi connectivity index (χ1n) is 11.0. The number of amides is 2. The van der Waals surface area contributed by atoms with Gasteiger partial charge < -0.3 is 10.2 Å². The molecule has 1 aliphatic rings. The molecule has 0 bridgehead atoms. The molecule has 0 radical (unpaired) electrons. The van der Waals surface area contributed by atoms with E-state index < -0.39 is 0 Å². The topological polar surface area (TPSA) is 49.4 Å². The van der Waals surface area contributed by atoms with Crippen LogP contribution in [0.15, 0.2) is 72.8 Å². The Kier molecular flexibility index (Phi) is 6.46. The lowest BCUT2D eigenvalue weighted by Gasteiger charge is -2.31. The molecule has 1 saturated carbocycles. The summed E-state index contributed by atoms with van der Waals surface area (Å²) in [6.07, 6.45) is 9.01. The zero-order chi connectivity index (χ0) is 21.6. The highest BCUT2D eigenvalue weighted by atomic mass is 16.2.